The maximum atomic E-state index is 13.2. The molecule has 3 aliphatic rings. The van der Waals surface area contributed by atoms with Crippen molar-refractivity contribution in [2.45, 2.75) is 51.0 Å². The SMILES string of the molecule is Cc1ccc2c(c1)C1(CCN(Cc3ccc(C#N)cc3)CC1)CN2C(=O)C1CCC1. The van der Waals surface area contributed by atoms with Gasteiger partial charge in [0, 0.05) is 30.1 Å². The molecule has 0 radical (unpaired) electrons. The van der Waals surface area contributed by atoms with E-state index in [2.05, 4.69) is 53.1 Å². The number of carbonyl (C=O) groups excluding carboxylic acids is 1. The van der Waals surface area contributed by atoms with Crippen LogP contribution in [0.5, 0.6) is 0 Å². The van der Waals surface area contributed by atoms with Gasteiger partial charge in [-0.2, -0.15) is 5.26 Å². The number of carbonyl (C=O) groups is 1. The smallest absolute Gasteiger partial charge is 0.230 e. The number of nitriles is 1. The first-order valence-electron chi connectivity index (χ1n) is 11.2. The Hall–Kier alpha value is -2.64. The van der Waals surface area contributed by atoms with E-state index in [0.29, 0.717) is 11.5 Å². The van der Waals surface area contributed by atoms with Crippen LogP contribution in [-0.4, -0.2) is 30.4 Å². The van der Waals surface area contributed by atoms with Gasteiger partial charge in [-0.1, -0.05) is 36.2 Å². The van der Waals surface area contributed by atoms with E-state index in [0.717, 1.165) is 57.5 Å². The Balaban J connectivity index is 1.33. The molecule has 2 fully saturated rings. The summed E-state index contributed by atoms with van der Waals surface area (Å²) in [6.07, 6.45) is 5.49. The summed E-state index contributed by atoms with van der Waals surface area (Å²) in [5.41, 5.74) is 5.92. The number of amides is 1. The molecule has 2 aliphatic heterocycles. The molecule has 2 aromatic carbocycles. The number of hydrogen-bond acceptors (Lipinski definition) is 3. The zero-order chi connectivity index (χ0) is 20.7. The van der Waals surface area contributed by atoms with Gasteiger partial charge in [-0.15, -0.1) is 0 Å². The maximum Gasteiger partial charge on any atom is 0.230 e. The summed E-state index contributed by atoms with van der Waals surface area (Å²) in [7, 11) is 0. The Morgan fingerprint density at radius 2 is 1.87 bits per heavy atom. The topological polar surface area (TPSA) is 47.3 Å². The number of fused-ring (bicyclic) bond motifs is 2. The van der Waals surface area contributed by atoms with Crippen LogP contribution >= 0.6 is 0 Å². The number of benzene rings is 2. The Morgan fingerprint density at radius 3 is 2.50 bits per heavy atom. The minimum absolute atomic E-state index is 0.0991. The third-order valence-corrected chi connectivity index (χ3v) is 7.50. The summed E-state index contributed by atoms with van der Waals surface area (Å²) in [5.74, 6) is 0.592. The molecule has 30 heavy (non-hydrogen) atoms. The van der Waals surface area contributed by atoms with Gasteiger partial charge < -0.3 is 4.90 Å². The highest BCUT2D eigenvalue weighted by molar-refractivity contribution is 5.98. The number of anilines is 1. The molecule has 0 atom stereocenters. The molecule has 5 rings (SSSR count). The molecule has 1 saturated carbocycles. The molecular weight excluding hydrogens is 370 g/mol. The van der Waals surface area contributed by atoms with Crippen molar-refractivity contribution in [2.24, 2.45) is 5.92 Å². The highest BCUT2D eigenvalue weighted by Gasteiger charge is 2.47. The number of likely N-dealkylation sites (tertiary alicyclic amines) is 1. The van der Waals surface area contributed by atoms with Crippen molar-refractivity contribution in [1.82, 2.24) is 4.90 Å². The molecule has 0 aromatic heterocycles. The molecule has 1 spiro atoms. The lowest BCUT2D eigenvalue weighted by Gasteiger charge is -2.40. The molecule has 4 nitrogen and oxygen atoms in total. The second-order valence-corrected chi connectivity index (χ2v) is 9.44. The van der Waals surface area contributed by atoms with Crippen LogP contribution in [0.1, 0.15) is 54.4 Å². The van der Waals surface area contributed by atoms with E-state index in [9.17, 15) is 4.79 Å². The molecule has 1 amide bonds. The number of piperidine rings is 1. The average molecular weight is 400 g/mol. The fourth-order valence-electron chi connectivity index (χ4n) is 5.36. The van der Waals surface area contributed by atoms with E-state index >= 15 is 0 Å². The molecule has 1 saturated heterocycles. The monoisotopic (exact) mass is 399 g/mol. The molecule has 0 bridgehead atoms. The zero-order valence-corrected chi connectivity index (χ0v) is 17.7. The minimum Gasteiger partial charge on any atom is -0.311 e. The lowest BCUT2D eigenvalue weighted by atomic mass is 9.74. The Morgan fingerprint density at radius 1 is 1.13 bits per heavy atom. The normalized spacial score (nSPS) is 20.6. The van der Waals surface area contributed by atoms with Crippen LogP contribution in [0.15, 0.2) is 42.5 Å². The quantitative estimate of drug-likeness (QED) is 0.761. The first-order valence-corrected chi connectivity index (χ1v) is 11.2. The van der Waals surface area contributed by atoms with Crippen LogP contribution in [0.4, 0.5) is 5.69 Å². The fraction of sp³-hybridized carbons (Fsp3) is 0.462. The number of aryl methyl sites for hydroxylation is 1. The highest BCUT2D eigenvalue weighted by atomic mass is 16.2. The molecule has 0 N–H and O–H groups in total. The third kappa shape index (κ3) is 3.32. The predicted octanol–water partition coefficient (Wildman–Crippen LogP) is 4.55. The summed E-state index contributed by atoms with van der Waals surface area (Å²) >= 11 is 0. The van der Waals surface area contributed by atoms with Crippen molar-refractivity contribution in [3.8, 4) is 6.07 Å². The van der Waals surface area contributed by atoms with Crippen molar-refractivity contribution in [1.29, 1.82) is 5.26 Å². The van der Waals surface area contributed by atoms with E-state index in [4.69, 9.17) is 5.26 Å². The Kier molecular flexibility index (Phi) is 4.87. The summed E-state index contributed by atoms with van der Waals surface area (Å²) in [6.45, 7) is 6.01. The van der Waals surface area contributed by atoms with Crippen molar-refractivity contribution in [3.05, 3.63) is 64.7 Å². The van der Waals surface area contributed by atoms with E-state index in [-0.39, 0.29) is 11.3 Å². The van der Waals surface area contributed by atoms with Gasteiger partial charge in [-0.25, -0.2) is 0 Å². The number of hydrogen-bond donors (Lipinski definition) is 0. The van der Waals surface area contributed by atoms with E-state index in [1.807, 2.05) is 12.1 Å². The number of rotatable bonds is 3. The summed E-state index contributed by atoms with van der Waals surface area (Å²) < 4.78 is 0. The van der Waals surface area contributed by atoms with Gasteiger partial charge in [0.05, 0.1) is 11.6 Å². The van der Waals surface area contributed by atoms with E-state index < -0.39 is 0 Å². The van der Waals surface area contributed by atoms with Gasteiger partial charge in [-0.05, 0) is 75.0 Å². The lowest BCUT2D eigenvalue weighted by Crippen LogP contribution is -2.47. The van der Waals surface area contributed by atoms with Crippen LogP contribution in [-0.2, 0) is 16.8 Å². The first kappa shape index (κ1) is 19.3. The van der Waals surface area contributed by atoms with Crippen molar-refractivity contribution >= 4 is 11.6 Å². The van der Waals surface area contributed by atoms with Crippen molar-refractivity contribution in [3.63, 3.8) is 0 Å². The van der Waals surface area contributed by atoms with Gasteiger partial charge in [0.15, 0.2) is 0 Å². The second kappa shape index (κ2) is 7.56. The van der Waals surface area contributed by atoms with Crippen molar-refractivity contribution < 1.29 is 4.79 Å². The second-order valence-electron chi connectivity index (χ2n) is 9.44. The summed E-state index contributed by atoms with van der Waals surface area (Å²) in [6, 6.07) is 16.8. The zero-order valence-electron chi connectivity index (χ0n) is 17.7. The highest BCUT2D eigenvalue weighted by Crippen LogP contribution is 2.48. The molecule has 2 aromatic rings. The van der Waals surface area contributed by atoms with Crippen LogP contribution in [0.3, 0.4) is 0 Å². The largest absolute Gasteiger partial charge is 0.311 e. The molecule has 1 aliphatic carbocycles. The fourth-order valence-corrected chi connectivity index (χ4v) is 5.36. The molecule has 2 heterocycles. The van der Waals surface area contributed by atoms with Crippen LogP contribution in [0, 0.1) is 24.2 Å². The Labute approximate surface area is 179 Å². The predicted molar refractivity (Wildman–Crippen MR) is 118 cm³/mol. The summed E-state index contributed by atoms with van der Waals surface area (Å²) in [5, 5.41) is 8.99. The molecule has 154 valence electrons. The Bertz CT molecular complexity index is 992. The third-order valence-electron chi connectivity index (χ3n) is 7.50. The van der Waals surface area contributed by atoms with Gasteiger partial charge in [-0.3, -0.25) is 9.69 Å². The minimum atomic E-state index is 0.0991. The van der Waals surface area contributed by atoms with Gasteiger partial charge in [0.25, 0.3) is 0 Å². The molecule has 4 heteroatoms. The van der Waals surface area contributed by atoms with Crippen molar-refractivity contribution in [2.75, 3.05) is 24.5 Å². The van der Waals surface area contributed by atoms with Gasteiger partial charge in [0.1, 0.15) is 0 Å². The van der Waals surface area contributed by atoms with E-state index in [1.165, 1.54) is 23.1 Å². The lowest BCUT2D eigenvalue weighted by molar-refractivity contribution is -0.124. The molecule has 0 unspecified atom stereocenters. The maximum absolute atomic E-state index is 13.2. The summed E-state index contributed by atoms with van der Waals surface area (Å²) in [4.78, 5) is 17.8. The van der Waals surface area contributed by atoms with Gasteiger partial charge >= 0.3 is 0 Å². The van der Waals surface area contributed by atoms with Crippen LogP contribution < -0.4 is 4.90 Å². The van der Waals surface area contributed by atoms with Crippen LogP contribution in [0.25, 0.3) is 0 Å². The molecular formula is C26H29N3O. The van der Waals surface area contributed by atoms with Gasteiger partial charge in [0.2, 0.25) is 5.91 Å². The standard InChI is InChI=1S/C26H29N3O/c1-19-5-10-24-23(15-19)26(18-29(24)25(30)22-3-2-4-22)11-13-28(14-12-26)17-21-8-6-20(16-27)7-9-21/h5-10,15,22H,2-4,11-14,17-18H2,1H3. The number of nitrogens with zero attached hydrogens (tertiary/aromatic N) is 3. The first-order chi connectivity index (χ1) is 14.6. The van der Waals surface area contributed by atoms with E-state index in [1.54, 1.807) is 0 Å². The average Bonchev–Trinajstić information content (AvgIpc) is 3.03. The van der Waals surface area contributed by atoms with Crippen LogP contribution in [0.2, 0.25) is 0 Å².